The van der Waals surface area contributed by atoms with Crippen LogP contribution in [0.15, 0.2) is 30.3 Å². The molecule has 0 aliphatic carbocycles. The van der Waals surface area contributed by atoms with Gasteiger partial charge in [0.05, 0.1) is 13.0 Å². The number of hydrogen-bond acceptors (Lipinski definition) is 6. The molecule has 1 fully saturated rings. The second-order valence-electron chi connectivity index (χ2n) is 7.34. The number of hydrogen-bond donors (Lipinski definition) is 2. The van der Waals surface area contributed by atoms with E-state index in [1.165, 1.54) is 6.92 Å². The summed E-state index contributed by atoms with van der Waals surface area (Å²) >= 11 is 0. The van der Waals surface area contributed by atoms with Crippen molar-refractivity contribution in [2.45, 2.75) is 64.7 Å². The lowest BCUT2D eigenvalue weighted by Gasteiger charge is -2.23. The second kappa shape index (κ2) is 8.85. The van der Waals surface area contributed by atoms with E-state index in [9.17, 15) is 14.4 Å². The van der Waals surface area contributed by atoms with E-state index >= 15 is 0 Å². The fraction of sp³-hybridized carbons (Fsp3) is 0.526. The summed E-state index contributed by atoms with van der Waals surface area (Å²) in [6.07, 6.45) is -1.57. The van der Waals surface area contributed by atoms with Gasteiger partial charge in [-0.1, -0.05) is 30.3 Å². The van der Waals surface area contributed by atoms with Crippen LogP contribution in [-0.2, 0) is 30.4 Å². The van der Waals surface area contributed by atoms with Crippen molar-refractivity contribution in [2.75, 3.05) is 0 Å². The first kappa shape index (κ1) is 20.7. The van der Waals surface area contributed by atoms with E-state index in [2.05, 4.69) is 10.6 Å². The number of nitrogens with one attached hydrogen (secondary N) is 2. The molecule has 2 rings (SSSR count). The third kappa shape index (κ3) is 6.90. The molecule has 1 saturated heterocycles. The molecule has 2 N–H and O–H groups in total. The maximum atomic E-state index is 12.3. The number of esters is 1. The first-order chi connectivity index (χ1) is 12.6. The molecule has 3 unspecified atom stereocenters. The lowest BCUT2D eigenvalue weighted by atomic mass is 10.2. The van der Waals surface area contributed by atoms with Gasteiger partial charge < -0.3 is 24.8 Å². The molecule has 1 aromatic rings. The Hall–Kier alpha value is -2.61. The van der Waals surface area contributed by atoms with Crippen LogP contribution in [0.3, 0.4) is 0 Å². The zero-order valence-electron chi connectivity index (χ0n) is 16.0. The summed E-state index contributed by atoms with van der Waals surface area (Å²) in [5.41, 5.74) is 0.257. The Morgan fingerprint density at radius 3 is 2.56 bits per heavy atom. The van der Waals surface area contributed by atoms with Gasteiger partial charge in [-0.3, -0.25) is 9.59 Å². The third-order valence-electron chi connectivity index (χ3n) is 3.67. The fourth-order valence-electron chi connectivity index (χ4n) is 2.42. The Morgan fingerprint density at radius 1 is 1.26 bits per heavy atom. The van der Waals surface area contributed by atoms with Crippen LogP contribution in [0.1, 0.15) is 39.7 Å². The van der Waals surface area contributed by atoms with Crippen LogP contribution in [-0.4, -0.2) is 41.9 Å². The topological polar surface area (TPSA) is 103 Å². The maximum absolute atomic E-state index is 12.3. The largest absolute Gasteiger partial charge is 0.444 e. The zero-order valence-corrected chi connectivity index (χ0v) is 16.0. The molecule has 1 aliphatic heterocycles. The van der Waals surface area contributed by atoms with Crippen LogP contribution in [0.4, 0.5) is 4.79 Å². The average molecular weight is 378 g/mol. The summed E-state index contributed by atoms with van der Waals surface area (Å²) in [4.78, 5) is 35.7. The molecule has 148 valence electrons. The SMILES string of the molecule is CC(NC(=O)OC(C)(C)C)C(=O)NC1CC(=O)OC1OCc1ccccc1. The molecule has 0 aromatic heterocycles. The van der Waals surface area contributed by atoms with Gasteiger partial charge in [-0.25, -0.2) is 4.79 Å². The number of alkyl carbamates (subject to hydrolysis) is 1. The van der Waals surface area contributed by atoms with E-state index in [0.29, 0.717) is 0 Å². The van der Waals surface area contributed by atoms with Gasteiger partial charge in [0.1, 0.15) is 17.7 Å². The van der Waals surface area contributed by atoms with Gasteiger partial charge in [-0.15, -0.1) is 0 Å². The summed E-state index contributed by atoms with van der Waals surface area (Å²) in [6.45, 7) is 6.96. The molecule has 2 amide bonds. The predicted molar refractivity (Wildman–Crippen MR) is 96.5 cm³/mol. The monoisotopic (exact) mass is 378 g/mol. The highest BCUT2D eigenvalue weighted by Crippen LogP contribution is 2.18. The first-order valence-corrected chi connectivity index (χ1v) is 8.79. The van der Waals surface area contributed by atoms with Crippen molar-refractivity contribution in [3.05, 3.63) is 35.9 Å². The minimum Gasteiger partial charge on any atom is -0.444 e. The average Bonchev–Trinajstić information content (AvgIpc) is 2.91. The van der Waals surface area contributed by atoms with Crippen molar-refractivity contribution >= 4 is 18.0 Å². The number of cyclic esters (lactones) is 1. The number of ether oxygens (including phenoxy) is 3. The van der Waals surface area contributed by atoms with Crippen LogP contribution in [0, 0.1) is 0 Å². The Kier molecular flexibility index (Phi) is 6.79. The lowest BCUT2D eigenvalue weighted by molar-refractivity contribution is -0.168. The lowest BCUT2D eigenvalue weighted by Crippen LogP contribution is -2.51. The third-order valence-corrected chi connectivity index (χ3v) is 3.67. The first-order valence-electron chi connectivity index (χ1n) is 8.79. The van der Waals surface area contributed by atoms with Crippen LogP contribution in [0.2, 0.25) is 0 Å². The minimum atomic E-state index is -0.879. The molecule has 8 heteroatoms. The quantitative estimate of drug-likeness (QED) is 0.733. The van der Waals surface area contributed by atoms with Crippen LogP contribution in [0.5, 0.6) is 0 Å². The summed E-state index contributed by atoms with van der Waals surface area (Å²) < 4.78 is 15.9. The summed E-state index contributed by atoms with van der Waals surface area (Å²) in [5, 5.41) is 5.14. The smallest absolute Gasteiger partial charge is 0.408 e. The number of rotatable bonds is 6. The van der Waals surface area contributed by atoms with E-state index in [1.54, 1.807) is 20.8 Å². The van der Waals surface area contributed by atoms with Crippen molar-refractivity contribution in [1.29, 1.82) is 0 Å². The van der Waals surface area contributed by atoms with Crippen molar-refractivity contribution in [2.24, 2.45) is 0 Å². The molecular formula is C19H26N2O6. The van der Waals surface area contributed by atoms with Crippen molar-refractivity contribution in [3.8, 4) is 0 Å². The number of amides is 2. The van der Waals surface area contributed by atoms with Gasteiger partial charge in [0.15, 0.2) is 0 Å². The highest BCUT2D eigenvalue weighted by atomic mass is 16.7. The molecule has 1 aromatic carbocycles. The van der Waals surface area contributed by atoms with Crippen molar-refractivity contribution < 1.29 is 28.6 Å². The van der Waals surface area contributed by atoms with Gasteiger partial charge in [0.25, 0.3) is 0 Å². The molecule has 27 heavy (non-hydrogen) atoms. The zero-order chi connectivity index (χ0) is 20.0. The maximum Gasteiger partial charge on any atom is 0.408 e. The molecule has 0 saturated carbocycles. The number of carbonyl (C=O) groups is 3. The van der Waals surface area contributed by atoms with Gasteiger partial charge >= 0.3 is 12.1 Å². The van der Waals surface area contributed by atoms with Crippen LogP contribution in [0.25, 0.3) is 0 Å². The Morgan fingerprint density at radius 2 is 1.93 bits per heavy atom. The Labute approximate surface area is 158 Å². The van der Waals surface area contributed by atoms with Crippen LogP contribution < -0.4 is 10.6 Å². The van der Waals surface area contributed by atoms with Gasteiger partial charge in [-0.05, 0) is 33.3 Å². The predicted octanol–water partition coefficient (Wildman–Crippen LogP) is 1.87. The normalized spacial score (nSPS) is 20.5. The standard InChI is InChI=1S/C19H26N2O6/c1-12(20-18(24)27-19(2,3)4)16(23)21-14-10-15(22)26-17(14)25-11-13-8-6-5-7-9-13/h5-9,12,14,17H,10-11H2,1-4H3,(H,20,24)(H,21,23). The Balaban J connectivity index is 1.86. The molecule has 0 spiro atoms. The Bertz CT molecular complexity index is 671. The van der Waals surface area contributed by atoms with E-state index in [0.717, 1.165) is 5.56 Å². The van der Waals surface area contributed by atoms with E-state index in [-0.39, 0.29) is 13.0 Å². The highest BCUT2D eigenvalue weighted by molar-refractivity contribution is 5.86. The minimum absolute atomic E-state index is 0.00432. The van der Waals surface area contributed by atoms with E-state index < -0.39 is 41.9 Å². The molecular weight excluding hydrogens is 352 g/mol. The number of carbonyl (C=O) groups excluding carboxylic acids is 3. The molecule has 0 bridgehead atoms. The van der Waals surface area contributed by atoms with Crippen molar-refractivity contribution in [1.82, 2.24) is 10.6 Å². The number of benzene rings is 1. The fourth-order valence-corrected chi connectivity index (χ4v) is 2.42. The second-order valence-corrected chi connectivity index (χ2v) is 7.34. The molecule has 1 heterocycles. The van der Waals surface area contributed by atoms with Gasteiger partial charge in [0.2, 0.25) is 12.2 Å². The summed E-state index contributed by atoms with van der Waals surface area (Å²) in [6, 6.07) is 7.95. The van der Waals surface area contributed by atoms with Gasteiger partial charge in [0, 0.05) is 0 Å². The van der Waals surface area contributed by atoms with Crippen LogP contribution >= 0.6 is 0 Å². The summed E-state index contributed by atoms with van der Waals surface area (Å²) in [7, 11) is 0. The molecule has 0 radical (unpaired) electrons. The molecule has 3 atom stereocenters. The van der Waals surface area contributed by atoms with E-state index in [1.807, 2.05) is 30.3 Å². The van der Waals surface area contributed by atoms with E-state index in [4.69, 9.17) is 14.2 Å². The highest BCUT2D eigenvalue weighted by Gasteiger charge is 2.37. The molecule has 8 nitrogen and oxygen atoms in total. The molecule has 1 aliphatic rings. The van der Waals surface area contributed by atoms with Gasteiger partial charge in [-0.2, -0.15) is 0 Å². The van der Waals surface area contributed by atoms with Crippen molar-refractivity contribution in [3.63, 3.8) is 0 Å². The summed E-state index contributed by atoms with van der Waals surface area (Å²) in [5.74, 6) is -0.913.